The van der Waals surface area contributed by atoms with Gasteiger partial charge < -0.3 is 21.5 Å². The molecule has 0 unspecified atom stereocenters. The number of rotatable bonds is 6. The van der Waals surface area contributed by atoms with Crippen molar-refractivity contribution in [2.45, 2.75) is 6.54 Å². The Kier molecular flexibility index (Phi) is 4.89. The van der Waals surface area contributed by atoms with Gasteiger partial charge in [-0.2, -0.15) is 0 Å². The van der Waals surface area contributed by atoms with E-state index >= 15 is 0 Å². The van der Waals surface area contributed by atoms with Crippen molar-refractivity contribution in [1.29, 1.82) is 0 Å². The summed E-state index contributed by atoms with van der Waals surface area (Å²) in [7, 11) is 0. The lowest BCUT2D eigenvalue weighted by atomic mass is 10.2. The van der Waals surface area contributed by atoms with Crippen molar-refractivity contribution in [1.82, 2.24) is 5.32 Å². The van der Waals surface area contributed by atoms with Crippen molar-refractivity contribution in [3.05, 3.63) is 72.1 Å². The summed E-state index contributed by atoms with van der Waals surface area (Å²) in [6.07, 6.45) is 1.77. The van der Waals surface area contributed by atoms with Gasteiger partial charge >= 0.3 is 0 Å². The standard InChI is InChI=1S/C16H19N3O/c17-14-6-8-16(9-7-14)20-12-15(18)11-19-10-13-4-2-1-3-5-13/h1-9,11,19H,10,12,17-18H2/b15-11-. The van der Waals surface area contributed by atoms with Gasteiger partial charge in [0.1, 0.15) is 12.4 Å². The van der Waals surface area contributed by atoms with Gasteiger partial charge in [0.05, 0.1) is 5.70 Å². The molecule has 4 nitrogen and oxygen atoms in total. The van der Waals surface area contributed by atoms with Crippen LogP contribution in [0.4, 0.5) is 5.69 Å². The third kappa shape index (κ3) is 4.57. The van der Waals surface area contributed by atoms with Gasteiger partial charge in [-0.1, -0.05) is 30.3 Å². The van der Waals surface area contributed by atoms with Crippen LogP contribution in [0, 0.1) is 0 Å². The molecule has 0 radical (unpaired) electrons. The highest BCUT2D eigenvalue weighted by Crippen LogP contribution is 2.13. The van der Waals surface area contributed by atoms with E-state index in [1.54, 1.807) is 18.3 Å². The zero-order chi connectivity index (χ0) is 14.2. The van der Waals surface area contributed by atoms with Crippen LogP contribution in [-0.4, -0.2) is 6.61 Å². The summed E-state index contributed by atoms with van der Waals surface area (Å²) in [5, 5.41) is 3.16. The van der Waals surface area contributed by atoms with Crippen LogP contribution in [0.3, 0.4) is 0 Å². The first-order valence-corrected chi connectivity index (χ1v) is 6.44. The maximum atomic E-state index is 5.86. The highest BCUT2D eigenvalue weighted by atomic mass is 16.5. The van der Waals surface area contributed by atoms with E-state index < -0.39 is 0 Å². The number of hydrogen-bond acceptors (Lipinski definition) is 4. The van der Waals surface area contributed by atoms with Crippen LogP contribution in [0.25, 0.3) is 0 Å². The topological polar surface area (TPSA) is 73.3 Å². The van der Waals surface area contributed by atoms with E-state index in [0.717, 1.165) is 12.3 Å². The molecule has 0 saturated carbocycles. The van der Waals surface area contributed by atoms with Gasteiger partial charge in [0.25, 0.3) is 0 Å². The first-order chi connectivity index (χ1) is 9.74. The SMILES string of the molecule is N/C(=C\NCc1ccccc1)COc1ccc(N)cc1. The summed E-state index contributed by atoms with van der Waals surface area (Å²) in [5.41, 5.74) is 14.0. The van der Waals surface area contributed by atoms with E-state index in [2.05, 4.69) is 17.4 Å². The fraction of sp³-hybridized carbons (Fsp3) is 0.125. The molecule has 20 heavy (non-hydrogen) atoms. The Morgan fingerprint density at radius 3 is 2.45 bits per heavy atom. The van der Waals surface area contributed by atoms with Gasteiger partial charge in [-0.05, 0) is 29.8 Å². The third-order valence-corrected chi connectivity index (χ3v) is 2.72. The molecule has 104 valence electrons. The maximum Gasteiger partial charge on any atom is 0.129 e. The summed E-state index contributed by atoms with van der Waals surface area (Å²) in [6, 6.07) is 17.4. The highest BCUT2D eigenvalue weighted by molar-refractivity contribution is 5.41. The molecule has 2 aromatic rings. The average molecular weight is 269 g/mol. The summed E-state index contributed by atoms with van der Waals surface area (Å²) in [5.74, 6) is 0.749. The summed E-state index contributed by atoms with van der Waals surface area (Å²) < 4.78 is 5.54. The van der Waals surface area contributed by atoms with Crippen molar-refractivity contribution in [3.63, 3.8) is 0 Å². The molecule has 0 aliphatic rings. The van der Waals surface area contributed by atoms with Crippen molar-refractivity contribution in [2.75, 3.05) is 12.3 Å². The van der Waals surface area contributed by atoms with Gasteiger partial charge in [-0.15, -0.1) is 0 Å². The normalized spacial score (nSPS) is 11.1. The van der Waals surface area contributed by atoms with Gasteiger partial charge in [0.15, 0.2) is 0 Å². The van der Waals surface area contributed by atoms with Gasteiger partial charge in [-0.3, -0.25) is 0 Å². The van der Waals surface area contributed by atoms with Crippen LogP contribution < -0.4 is 21.5 Å². The molecule has 0 heterocycles. The van der Waals surface area contributed by atoms with Crippen molar-refractivity contribution in [3.8, 4) is 5.75 Å². The molecule has 4 heteroatoms. The monoisotopic (exact) mass is 269 g/mol. The van der Waals surface area contributed by atoms with Gasteiger partial charge in [-0.25, -0.2) is 0 Å². The van der Waals surface area contributed by atoms with E-state index in [1.165, 1.54) is 5.56 Å². The van der Waals surface area contributed by atoms with Crippen LogP contribution in [0.15, 0.2) is 66.5 Å². The van der Waals surface area contributed by atoms with Crippen molar-refractivity contribution < 1.29 is 4.74 Å². The molecule has 0 aromatic heterocycles. The maximum absolute atomic E-state index is 5.86. The number of benzene rings is 2. The second kappa shape index (κ2) is 7.09. The quantitative estimate of drug-likeness (QED) is 0.703. The predicted octanol–water partition coefficient (Wildman–Crippen LogP) is 2.24. The number of hydrogen-bond donors (Lipinski definition) is 3. The molecule has 0 bridgehead atoms. The number of ether oxygens (including phenoxy) is 1. The number of nitrogens with one attached hydrogen (secondary N) is 1. The van der Waals surface area contributed by atoms with Gasteiger partial charge in [0, 0.05) is 18.4 Å². The minimum Gasteiger partial charge on any atom is -0.487 e. The molecular weight excluding hydrogens is 250 g/mol. The van der Waals surface area contributed by atoms with Gasteiger partial charge in [0.2, 0.25) is 0 Å². The second-order valence-electron chi connectivity index (χ2n) is 4.44. The Bertz CT molecular complexity index is 550. The van der Waals surface area contributed by atoms with Crippen LogP contribution >= 0.6 is 0 Å². The summed E-state index contributed by atoms with van der Waals surface area (Å²) in [6.45, 7) is 1.08. The summed E-state index contributed by atoms with van der Waals surface area (Å²) in [4.78, 5) is 0. The van der Waals surface area contributed by atoms with Crippen LogP contribution in [0.5, 0.6) is 5.75 Å². The lowest BCUT2D eigenvalue weighted by molar-refractivity contribution is 0.349. The largest absolute Gasteiger partial charge is 0.487 e. The first kappa shape index (κ1) is 13.8. The smallest absolute Gasteiger partial charge is 0.129 e. The Morgan fingerprint density at radius 2 is 1.75 bits per heavy atom. The molecule has 2 rings (SSSR count). The molecule has 5 N–H and O–H groups in total. The molecule has 2 aromatic carbocycles. The van der Waals surface area contributed by atoms with Crippen LogP contribution in [0.1, 0.15) is 5.56 Å². The van der Waals surface area contributed by atoms with E-state index in [1.807, 2.05) is 30.3 Å². The number of anilines is 1. The number of nitrogens with two attached hydrogens (primary N) is 2. The van der Waals surface area contributed by atoms with Crippen molar-refractivity contribution in [2.24, 2.45) is 5.73 Å². The Labute approximate surface area is 119 Å². The number of nitrogen functional groups attached to an aromatic ring is 1. The highest BCUT2D eigenvalue weighted by Gasteiger charge is 1.95. The molecule has 0 amide bonds. The van der Waals surface area contributed by atoms with Crippen LogP contribution in [0.2, 0.25) is 0 Å². The molecule has 0 aliphatic carbocycles. The molecule has 0 saturated heterocycles. The Balaban J connectivity index is 1.75. The predicted molar refractivity (Wildman–Crippen MR) is 81.9 cm³/mol. The third-order valence-electron chi connectivity index (χ3n) is 2.72. The second-order valence-corrected chi connectivity index (χ2v) is 4.44. The minimum absolute atomic E-state index is 0.339. The molecule has 0 spiro atoms. The summed E-state index contributed by atoms with van der Waals surface area (Å²) >= 11 is 0. The van der Waals surface area contributed by atoms with E-state index in [9.17, 15) is 0 Å². The zero-order valence-corrected chi connectivity index (χ0v) is 11.3. The molecular formula is C16H19N3O. The van der Waals surface area contributed by atoms with Crippen LogP contribution in [-0.2, 0) is 6.54 Å². The van der Waals surface area contributed by atoms with E-state index in [0.29, 0.717) is 18.0 Å². The zero-order valence-electron chi connectivity index (χ0n) is 11.3. The van der Waals surface area contributed by atoms with E-state index in [-0.39, 0.29) is 0 Å². The van der Waals surface area contributed by atoms with Crippen molar-refractivity contribution >= 4 is 5.69 Å². The first-order valence-electron chi connectivity index (χ1n) is 6.44. The molecule has 0 fully saturated rings. The fourth-order valence-corrected chi connectivity index (χ4v) is 1.67. The minimum atomic E-state index is 0.339. The lowest BCUT2D eigenvalue weighted by Gasteiger charge is -2.07. The molecule has 0 aliphatic heterocycles. The van der Waals surface area contributed by atoms with E-state index in [4.69, 9.17) is 16.2 Å². The fourth-order valence-electron chi connectivity index (χ4n) is 1.67. The Morgan fingerprint density at radius 1 is 1.05 bits per heavy atom. The molecule has 0 atom stereocenters. The average Bonchev–Trinajstić information content (AvgIpc) is 2.48. The lowest BCUT2D eigenvalue weighted by Crippen LogP contribution is -2.14. The Hall–Kier alpha value is -2.62.